The van der Waals surface area contributed by atoms with Crippen LogP contribution < -0.4 is 5.32 Å². The van der Waals surface area contributed by atoms with Crippen LogP contribution in [0.1, 0.15) is 61.8 Å². The highest BCUT2D eigenvalue weighted by molar-refractivity contribution is 5.83. The number of likely N-dealkylation sites (tertiary alicyclic amines) is 1. The molecule has 2 aliphatic heterocycles. The molecule has 0 bridgehead atoms. The summed E-state index contributed by atoms with van der Waals surface area (Å²) >= 11 is 0. The van der Waals surface area contributed by atoms with Crippen LogP contribution in [0.25, 0.3) is 11.2 Å². The van der Waals surface area contributed by atoms with Crippen LogP contribution in [0.4, 0.5) is 5.82 Å². The van der Waals surface area contributed by atoms with Crippen LogP contribution >= 0.6 is 0 Å². The monoisotopic (exact) mass is 628 g/mol. The van der Waals surface area contributed by atoms with Gasteiger partial charge in [-0.05, 0) is 48.9 Å². The van der Waals surface area contributed by atoms with E-state index in [2.05, 4.69) is 53.3 Å². The van der Waals surface area contributed by atoms with Gasteiger partial charge >= 0.3 is 0 Å². The zero-order valence-electron chi connectivity index (χ0n) is 26.6. The van der Waals surface area contributed by atoms with Crippen LogP contribution in [0.3, 0.4) is 0 Å². The summed E-state index contributed by atoms with van der Waals surface area (Å²) in [7, 11) is 1.52. The third-order valence-electron chi connectivity index (χ3n) is 9.56. The summed E-state index contributed by atoms with van der Waals surface area (Å²) in [4.78, 5) is 29.3. The Balaban J connectivity index is 1.38. The Morgan fingerprint density at radius 1 is 1.00 bits per heavy atom. The fraction of sp³-hybridized carbons (Fsp3) is 0.486. The fourth-order valence-electron chi connectivity index (χ4n) is 6.81. The van der Waals surface area contributed by atoms with Crippen molar-refractivity contribution in [1.29, 1.82) is 0 Å². The van der Waals surface area contributed by atoms with E-state index in [9.17, 15) is 15.0 Å². The number of methoxy groups -OCH3 is 1. The molecule has 2 aromatic heterocycles. The molecule has 4 heterocycles. The molecule has 2 aromatic carbocycles. The quantitative estimate of drug-likeness (QED) is 0.198. The van der Waals surface area contributed by atoms with Crippen LogP contribution in [0, 0.1) is 11.8 Å². The van der Waals surface area contributed by atoms with Crippen molar-refractivity contribution in [2.24, 2.45) is 11.8 Å². The average Bonchev–Trinajstić information content (AvgIpc) is 3.63. The minimum atomic E-state index is -1.23. The zero-order valence-corrected chi connectivity index (χ0v) is 26.6. The second-order valence-electron chi connectivity index (χ2n) is 12.7. The first-order chi connectivity index (χ1) is 22.4. The number of aliphatic hydroxyl groups excluding tert-OH is 2. The van der Waals surface area contributed by atoms with Crippen molar-refractivity contribution in [3.05, 3.63) is 83.9 Å². The van der Waals surface area contributed by atoms with Crippen molar-refractivity contribution >= 4 is 23.3 Å². The first kappa shape index (κ1) is 32.2. The van der Waals surface area contributed by atoms with E-state index >= 15 is 0 Å². The SMILES string of the molecule is COC[C@H]1O[C@@H](n2cnc3c(NCC(c4ccccc4)c4ccccc4)nc(C(C=O)N4CCC(C(C)C)CC4)nc32)[C@@H](O)[C@@H]1O. The number of ether oxygens (including phenoxy) is 2. The lowest BCUT2D eigenvalue weighted by Gasteiger charge is -2.36. The number of piperidine rings is 1. The molecule has 0 amide bonds. The van der Waals surface area contributed by atoms with Crippen molar-refractivity contribution in [2.45, 2.75) is 63.2 Å². The van der Waals surface area contributed by atoms with E-state index in [1.807, 2.05) is 36.4 Å². The van der Waals surface area contributed by atoms with Crippen molar-refractivity contribution in [3.8, 4) is 0 Å². The van der Waals surface area contributed by atoms with Crippen molar-refractivity contribution in [1.82, 2.24) is 24.4 Å². The molecule has 11 heteroatoms. The molecule has 6 rings (SSSR count). The summed E-state index contributed by atoms with van der Waals surface area (Å²) in [5.74, 6) is 2.06. The van der Waals surface area contributed by atoms with Crippen LogP contribution in [0.5, 0.6) is 0 Å². The molecule has 46 heavy (non-hydrogen) atoms. The summed E-state index contributed by atoms with van der Waals surface area (Å²) < 4.78 is 12.9. The van der Waals surface area contributed by atoms with E-state index in [-0.39, 0.29) is 12.5 Å². The number of carbonyl (C=O) groups excluding carboxylic acids is 1. The number of aliphatic hydroxyl groups is 2. The number of carbonyl (C=O) groups is 1. The number of hydrogen-bond acceptors (Lipinski definition) is 10. The standard InChI is InChI=1S/C35H44N6O5/c1-22(2)23-14-16-40(17-15-23)27(19-42)32-38-33(36-18-26(24-10-6-4-7-11-24)25-12-8-5-9-13-25)29-34(39-32)41(21-37-29)35-31(44)30(43)28(46-35)20-45-3/h4-13,19,21-23,26-28,30-31,35,43-44H,14-18,20H2,1-3H3,(H,36,38,39)/t27?,28-,30-,31+,35-/m1/s1. The number of aldehydes is 1. The van der Waals surface area contributed by atoms with E-state index < -0.39 is 30.6 Å². The summed E-state index contributed by atoms with van der Waals surface area (Å²) in [6, 6.07) is 19.9. The third-order valence-corrected chi connectivity index (χ3v) is 9.56. The number of rotatable bonds is 12. The van der Waals surface area contributed by atoms with Crippen molar-refractivity contribution < 1.29 is 24.5 Å². The molecule has 0 aliphatic carbocycles. The van der Waals surface area contributed by atoms with Gasteiger partial charge in [-0.3, -0.25) is 9.47 Å². The Hall–Kier alpha value is -3.74. The molecular weight excluding hydrogens is 584 g/mol. The van der Waals surface area contributed by atoms with E-state index in [0.717, 1.165) is 43.3 Å². The molecular formula is C35H44N6O5. The van der Waals surface area contributed by atoms with Gasteiger partial charge in [-0.15, -0.1) is 0 Å². The van der Waals surface area contributed by atoms with E-state index in [1.54, 1.807) is 10.9 Å². The normalized spacial score (nSPS) is 23.4. The Labute approximate surface area is 269 Å². The summed E-state index contributed by atoms with van der Waals surface area (Å²) in [6.07, 6.45) is 0.414. The van der Waals surface area contributed by atoms with Gasteiger partial charge in [0.05, 0.1) is 12.9 Å². The van der Waals surface area contributed by atoms with Crippen molar-refractivity contribution in [2.75, 3.05) is 38.7 Å². The van der Waals surface area contributed by atoms with Crippen LogP contribution in [0.2, 0.25) is 0 Å². The largest absolute Gasteiger partial charge is 0.387 e. The van der Waals surface area contributed by atoms with E-state index in [0.29, 0.717) is 41.2 Å². The van der Waals surface area contributed by atoms with Crippen LogP contribution in [-0.4, -0.2) is 92.6 Å². The predicted molar refractivity (Wildman–Crippen MR) is 174 cm³/mol. The maximum absolute atomic E-state index is 12.7. The van der Waals surface area contributed by atoms with Gasteiger partial charge < -0.3 is 29.8 Å². The summed E-state index contributed by atoms with van der Waals surface area (Å²) in [6.45, 7) is 6.67. The minimum Gasteiger partial charge on any atom is -0.387 e. The maximum Gasteiger partial charge on any atom is 0.168 e. The topological polar surface area (TPSA) is 135 Å². The number of benzene rings is 2. The molecule has 5 atom stereocenters. The first-order valence-electron chi connectivity index (χ1n) is 16.2. The second-order valence-corrected chi connectivity index (χ2v) is 12.7. The van der Waals surface area contributed by atoms with Gasteiger partial charge in [0.1, 0.15) is 30.6 Å². The Morgan fingerprint density at radius 2 is 1.65 bits per heavy atom. The molecule has 11 nitrogen and oxygen atoms in total. The van der Waals surface area contributed by atoms with Gasteiger partial charge in [-0.1, -0.05) is 74.5 Å². The molecule has 3 N–H and O–H groups in total. The highest BCUT2D eigenvalue weighted by Crippen LogP contribution is 2.35. The summed E-state index contributed by atoms with van der Waals surface area (Å²) in [5.41, 5.74) is 3.18. The Kier molecular flexibility index (Phi) is 10.1. The predicted octanol–water partition coefficient (Wildman–Crippen LogP) is 3.94. The lowest BCUT2D eigenvalue weighted by molar-refractivity contribution is -0.113. The van der Waals surface area contributed by atoms with Gasteiger partial charge in [-0.25, -0.2) is 15.0 Å². The number of anilines is 1. The highest BCUT2D eigenvalue weighted by atomic mass is 16.6. The Morgan fingerprint density at radius 3 is 2.24 bits per heavy atom. The molecule has 1 unspecified atom stereocenters. The molecule has 2 fully saturated rings. The number of imidazole rings is 1. The van der Waals surface area contributed by atoms with Gasteiger partial charge in [-0.2, -0.15) is 0 Å². The summed E-state index contributed by atoms with van der Waals surface area (Å²) in [5, 5.41) is 25.2. The molecule has 4 aromatic rings. The van der Waals surface area contributed by atoms with Gasteiger partial charge in [0.25, 0.3) is 0 Å². The number of hydrogen-bond donors (Lipinski definition) is 3. The number of aromatic nitrogens is 4. The van der Waals surface area contributed by atoms with Crippen LogP contribution in [-0.2, 0) is 14.3 Å². The molecule has 0 saturated carbocycles. The molecule has 244 valence electrons. The van der Waals surface area contributed by atoms with Gasteiger partial charge in [0.15, 0.2) is 29.0 Å². The van der Waals surface area contributed by atoms with E-state index in [4.69, 9.17) is 19.4 Å². The number of nitrogens with one attached hydrogen (secondary N) is 1. The first-order valence-corrected chi connectivity index (χ1v) is 16.2. The minimum absolute atomic E-state index is 0.0137. The van der Waals surface area contributed by atoms with Gasteiger partial charge in [0.2, 0.25) is 0 Å². The van der Waals surface area contributed by atoms with Crippen molar-refractivity contribution in [3.63, 3.8) is 0 Å². The third kappa shape index (κ3) is 6.56. The molecule has 2 saturated heterocycles. The van der Waals surface area contributed by atoms with Gasteiger partial charge in [0, 0.05) is 19.6 Å². The smallest absolute Gasteiger partial charge is 0.168 e. The Bertz CT molecular complexity index is 1540. The zero-order chi connectivity index (χ0) is 32.2. The lowest BCUT2D eigenvalue weighted by Crippen LogP contribution is -2.39. The van der Waals surface area contributed by atoms with E-state index in [1.165, 1.54) is 7.11 Å². The molecule has 0 spiro atoms. The fourth-order valence-corrected chi connectivity index (χ4v) is 6.81. The molecule has 0 radical (unpaired) electrons. The molecule has 2 aliphatic rings. The second kappa shape index (κ2) is 14.4. The number of fused-ring (bicyclic) bond motifs is 1. The lowest BCUT2D eigenvalue weighted by atomic mass is 9.86. The maximum atomic E-state index is 12.7. The average molecular weight is 629 g/mol. The van der Waals surface area contributed by atoms with Crippen LogP contribution in [0.15, 0.2) is 67.0 Å². The highest BCUT2D eigenvalue weighted by Gasteiger charge is 2.44. The number of nitrogens with zero attached hydrogens (tertiary/aromatic N) is 5.